The van der Waals surface area contributed by atoms with Gasteiger partial charge in [0.25, 0.3) is 0 Å². The first-order chi connectivity index (χ1) is 22.0. The maximum Gasteiger partial charge on any atom is 0.385 e. The zero-order valence-electron chi connectivity index (χ0n) is 23.5. The molecular formula is C22H18F24O4. The Morgan fingerprint density at radius 2 is 0.800 bits per heavy atom. The summed E-state index contributed by atoms with van der Waals surface area (Å²) >= 11 is 0. The number of halogens is 24. The molecule has 0 aromatic carbocycles. The van der Waals surface area contributed by atoms with E-state index in [1.165, 1.54) is 0 Å². The summed E-state index contributed by atoms with van der Waals surface area (Å²) in [6.45, 7) is -1.62. The third kappa shape index (κ3) is 6.86. The third-order valence-corrected chi connectivity index (χ3v) is 7.02. The molecule has 2 heterocycles. The van der Waals surface area contributed by atoms with Crippen LogP contribution in [0.1, 0.15) is 12.8 Å². The number of rotatable bonds is 21. The van der Waals surface area contributed by atoms with Crippen molar-refractivity contribution in [1.29, 1.82) is 0 Å². The van der Waals surface area contributed by atoms with Gasteiger partial charge >= 0.3 is 71.6 Å². The number of hydrogen-bond acceptors (Lipinski definition) is 4. The fraction of sp³-hybridized carbons (Fsp3) is 1.00. The average molecular weight is 802 g/mol. The highest BCUT2D eigenvalue weighted by Gasteiger charge is 2.98. The van der Waals surface area contributed by atoms with Gasteiger partial charge in [-0.15, -0.1) is 0 Å². The van der Waals surface area contributed by atoms with Gasteiger partial charge in [0.05, 0.1) is 39.1 Å². The fourth-order valence-corrected chi connectivity index (χ4v) is 3.57. The quantitative estimate of drug-likeness (QED) is 0.0868. The van der Waals surface area contributed by atoms with Crippen LogP contribution < -0.4 is 0 Å². The maximum absolute atomic E-state index is 14.3. The molecule has 0 aliphatic carbocycles. The lowest BCUT2D eigenvalue weighted by Gasteiger charge is -2.45. The molecule has 28 heteroatoms. The SMILES string of the molecule is FC(F)C(F)(F)C(F)(F)C(F)(F)C(F)(F)C(F)(F)C(F)(F)C(F)(F)C(F)(F)C(F)(F)C(F)(F)C(F)(F)CCC(COCC1CO1)OCC1CO1. The standard InChI is InChI=1S/C22H18F24O4/c23-11(24)13(27,28)15(31,32)17(35,36)19(39,40)21(43,44)22(45,46)20(41,42)18(37,38)16(33,34)14(29,30)12(25,26)2-1-8(48-6-10-7-50-10)3-47-4-9-5-49-9/h8-11H,1-7H2. The van der Waals surface area contributed by atoms with Gasteiger partial charge in [-0.2, -0.15) is 96.6 Å². The Balaban J connectivity index is 2.46. The second-order valence-corrected chi connectivity index (χ2v) is 10.7. The highest BCUT2D eigenvalue weighted by Crippen LogP contribution is 2.67. The first-order valence-electron chi connectivity index (χ1n) is 12.8. The van der Waals surface area contributed by atoms with Gasteiger partial charge in [0, 0.05) is 6.42 Å². The molecule has 2 aliphatic rings. The van der Waals surface area contributed by atoms with Gasteiger partial charge in [-0.3, -0.25) is 0 Å². The van der Waals surface area contributed by atoms with Crippen LogP contribution in [0, 0.1) is 0 Å². The summed E-state index contributed by atoms with van der Waals surface area (Å²) in [6, 6.07) is 0. The molecule has 0 aromatic heterocycles. The van der Waals surface area contributed by atoms with Crippen molar-refractivity contribution >= 4 is 0 Å². The van der Waals surface area contributed by atoms with Crippen LogP contribution in [0.15, 0.2) is 0 Å². The largest absolute Gasteiger partial charge is 0.385 e. The first kappa shape index (κ1) is 44.3. The van der Waals surface area contributed by atoms with Crippen molar-refractivity contribution in [3.8, 4) is 0 Å². The van der Waals surface area contributed by atoms with Crippen LogP contribution in [0.3, 0.4) is 0 Å². The molecular weight excluding hydrogens is 784 g/mol. The molecule has 0 N–H and O–H groups in total. The van der Waals surface area contributed by atoms with Crippen LogP contribution in [0.5, 0.6) is 0 Å². The molecule has 0 bridgehead atoms. The summed E-state index contributed by atoms with van der Waals surface area (Å²) in [5.41, 5.74) is 0. The molecule has 2 fully saturated rings. The van der Waals surface area contributed by atoms with Crippen LogP contribution >= 0.6 is 0 Å². The molecule has 2 saturated heterocycles. The molecule has 0 aromatic rings. The van der Waals surface area contributed by atoms with Gasteiger partial charge in [0.2, 0.25) is 0 Å². The molecule has 298 valence electrons. The minimum absolute atomic E-state index is 0.00883. The van der Waals surface area contributed by atoms with Crippen molar-refractivity contribution in [2.75, 3.05) is 33.0 Å². The fourth-order valence-electron chi connectivity index (χ4n) is 3.57. The van der Waals surface area contributed by atoms with Crippen molar-refractivity contribution in [1.82, 2.24) is 0 Å². The van der Waals surface area contributed by atoms with Crippen LogP contribution in [0.2, 0.25) is 0 Å². The molecule has 4 nitrogen and oxygen atoms in total. The second kappa shape index (κ2) is 13.2. The zero-order chi connectivity index (χ0) is 39.6. The van der Waals surface area contributed by atoms with E-state index in [0.717, 1.165) is 0 Å². The Labute approximate surface area is 261 Å². The Hall–Kier alpha value is -1.84. The lowest BCUT2D eigenvalue weighted by molar-refractivity contribution is -0.476. The Kier molecular flexibility index (Phi) is 11.7. The normalized spacial score (nSPS) is 21.5. The van der Waals surface area contributed by atoms with E-state index in [4.69, 9.17) is 9.47 Å². The van der Waals surface area contributed by atoms with E-state index in [0.29, 0.717) is 0 Å². The molecule has 0 radical (unpaired) electrons. The monoisotopic (exact) mass is 802 g/mol. The average Bonchev–Trinajstić information content (AvgIpc) is 3.89. The van der Waals surface area contributed by atoms with Crippen molar-refractivity contribution in [2.24, 2.45) is 0 Å². The van der Waals surface area contributed by atoms with Gasteiger partial charge in [-0.25, -0.2) is 8.78 Å². The summed E-state index contributed by atoms with van der Waals surface area (Å²) < 4.78 is 347. The molecule has 0 saturated carbocycles. The predicted molar refractivity (Wildman–Crippen MR) is 110 cm³/mol. The number of epoxide rings is 2. The van der Waals surface area contributed by atoms with Crippen LogP contribution in [0.25, 0.3) is 0 Å². The summed E-state index contributed by atoms with van der Waals surface area (Å²) in [7, 11) is 0. The van der Waals surface area contributed by atoms with Gasteiger partial charge < -0.3 is 18.9 Å². The van der Waals surface area contributed by atoms with Gasteiger partial charge in [-0.1, -0.05) is 0 Å². The molecule has 0 spiro atoms. The molecule has 2 rings (SSSR count). The number of hydrogen-bond donors (Lipinski definition) is 0. The van der Waals surface area contributed by atoms with Gasteiger partial charge in [0.1, 0.15) is 12.2 Å². The first-order valence-corrected chi connectivity index (χ1v) is 12.8. The summed E-state index contributed by atoms with van der Waals surface area (Å²) in [5.74, 6) is -96.4. The van der Waals surface area contributed by atoms with E-state index in [9.17, 15) is 105 Å². The number of alkyl halides is 24. The van der Waals surface area contributed by atoms with Gasteiger partial charge in [0.15, 0.2) is 0 Å². The predicted octanol–water partition coefficient (Wildman–Crippen LogP) is 8.22. The van der Waals surface area contributed by atoms with Crippen LogP contribution in [0.4, 0.5) is 105 Å². The topological polar surface area (TPSA) is 43.5 Å². The van der Waals surface area contributed by atoms with E-state index < -0.39 is 116 Å². The lowest BCUT2D eigenvalue weighted by atomic mass is 9.84. The van der Waals surface area contributed by atoms with Crippen LogP contribution in [-0.4, -0.2) is 123 Å². The summed E-state index contributed by atoms with van der Waals surface area (Å²) in [4.78, 5) is 0. The van der Waals surface area contributed by atoms with E-state index in [1.54, 1.807) is 0 Å². The molecule has 3 unspecified atom stereocenters. The summed E-state index contributed by atoms with van der Waals surface area (Å²) in [5, 5.41) is 0. The highest BCUT2D eigenvalue weighted by atomic mass is 19.4. The van der Waals surface area contributed by atoms with E-state index >= 15 is 0 Å². The van der Waals surface area contributed by atoms with Crippen molar-refractivity contribution in [2.45, 2.75) is 103 Å². The Morgan fingerprint density at radius 1 is 0.480 bits per heavy atom. The minimum Gasteiger partial charge on any atom is -0.376 e. The van der Waals surface area contributed by atoms with Crippen molar-refractivity contribution in [3.63, 3.8) is 0 Å². The Morgan fingerprint density at radius 3 is 1.14 bits per heavy atom. The molecule has 3 atom stereocenters. The maximum atomic E-state index is 14.3. The van der Waals surface area contributed by atoms with E-state index in [-0.39, 0.29) is 19.8 Å². The van der Waals surface area contributed by atoms with E-state index in [1.807, 2.05) is 0 Å². The number of ether oxygens (including phenoxy) is 4. The van der Waals surface area contributed by atoms with Crippen molar-refractivity contribution in [3.05, 3.63) is 0 Å². The molecule has 50 heavy (non-hydrogen) atoms. The summed E-state index contributed by atoms with van der Waals surface area (Å²) in [6.07, 6.45) is -13.9. The zero-order valence-corrected chi connectivity index (χ0v) is 23.5. The third-order valence-electron chi connectivity index (χ3n) is 7.02. The second-order valence-electron chi connectivity index (χ2n) is 10.7. The van der Waals surface area contributed by atoms with E-state index in [2.05, 4.69) is 9.47 Å². The highest BCUT2D eigenvalue weighted by molar-refractivity contribution is 5.19. The minimum atomic E-state index is -9.49. The lowest BCUT2D eigenvalue weighted by Crippen LogP contribution is -2.78. The smallest absolute Gasteiger partial charge is 0.376 e. The van der Waals surface area contributed by atoms with Crippen molar-refractivity contribution < 1.29 is 124 Å². The molecule has 0 amide bonds. The Bertz CT molecular complexity index is 1160. The molecule has 2 aliphatic heterocycles. The van der Waals surface area contributed by atoms with Gasteiger partial charge in [-0.05, 0) is 6.42 Å². The van der Waals surface area contributed by atoms with Crippen LogP contribution in [-0.2, 0) is 18.9 Å².